The number of hydrogen-bond acceptors (Lipinski definition) is 3. The number of halogens is 3. The Labute approximate surface area is 121 Å². The topological polar surface area (TPSA) is 42.7 Å². The van der Waals surface area contributed by atoms with E-state index in [-0.39, 0.29) is 6.04 Å². The van der Waals surface area contributed by atoms with Gasteiger partial charge in [-0.25, -0.2) is 4.98 Å². The normalized spacial score (nSPS) is 13.4. The summed E-state index contributed by atoms with van der Waals surface area (Å²) in [6, 6.07) is 5.15. The molecular formula is C14H17F3N4. The molecule has 2 rings (SSSR count). The molecule has 0 radical (unpaired) electrons. The lowest BCUT2D eigenvalue weighted by molar-refractivity contribution is -0.137. The number of likely N-dealkylation sites (N-methyl/N-ethyl adjacent to an activating group) is 1. The standard InChI is InChI=1S/C14H17F3N4/c1-3-18-12(8-13-19-9-20-21(13)2)10-5-4-6-11(7-10)14(15,16)17/h4-7,9,12,18H,3,8H2,1-2H3. The van der Waals surface area contributed by atoms with Crippen LogP contribution in [0.3, 0.4) is 0 Å². The molecule has 7 heteroatoms. The number of aromatic nitrogens is 3. The number of alkyl halides is 3. The molecule has 1 aromatic heterocycles. The molecule has 4 nitrogen and oxygen atoms in total. The Bertz CT molecular complexity index is 592. The van der Waals surface area contributed by atoms with Crippen LogP contribution in [0.2, 0.25) is 0 Å². The summed E-state index contributed by atoms with van der Waals surface area (Å²) in [7, 11) is 1.76. The third-order valence-corrected chi connectivity index (χ3v) is 3.26. The van der Waals surface area contributed by atoms with Gasteiger partial charge in [0.2, 0.25) is 0 Å². The maximum absolute atomic E-state index is 12.8. The van der Waals surface area contributed by atoms with Crippen molar-refractivity contribution in [1.82, 2.24) is 20.1 Å². The minimum Gasteiger partial charge on any atom is -0.310 e. The highest BCUT2D eigenvalue weighted by atomic mass is 19.4. The third kappa shape index (κ3) is 3.81. The van der Waals surface area contributed by atoms with Gasteiger partial charge in [-0.2, -0.15) is 18.3 Å². The second-order valence-electron chi connectivity index (χ2n) is 4.74. The van der Waals surface area contributed by atoms with Gasteiger partial charge in [-0.3, -0.25) is 4.68 Å². The molecule has 21 heavy (non-hydrogen) atoms. The number of aryl methyl sites for hydroxylation is 1. The molecule has 0 aliphatic rings. The van der Waals surface area contributed by atoms with E-state index < -0.39 is 11.7 Å². The first-order chi connectivity index (χ1) is 9.91. The maximum atomic E-state index is 12.8. The molecule has 0 aliphatic heterocycles. The average Bonchev–Trinajstić information content (AvgIpc) is 2.83. The molecule has 0 amide bonds. The highest BCUT2D eigenvalue weighted by Crippen LogP contribution is 2.31. The SMILES string of the molecule is CCNC(Cc1ncnn1C)c1cccc(C(F)(F)F)c1. The molecule has 1 N–H and O–H groups in total. The molecule has 2 aromatic rings. The lowest BCUT2D eigenvalue weighted by Crippen LogP contribution is -2.24. The summed E-state index contributed by atoms with van der Waals surface area (Å²) < 4.78 is 40.1. The lowest BCUT2D eigenvalue weighted by Gasteiger charge is -2.19. The number of benzene rings is 1. The predicted octanol–water partition coefficient (Wildman–Crippen LogP) is 2.73. The van der Waals surface area contributed by atoms with E-state index in [1.807, 2.05) is 6.92 Å². The van der Waals surface area contributed by atoms with E-state index in [1.165, 1.54) is 18.5 Å². The van der Waals surface area contributed by atoms with Crippen LogP contribution in [0.4, 0.5) is 13.2 Å². The van der Waals surface area contributed by atoms with Crippen molar-refractivity contribution in [1.29, 1.82) is 0 Å². The van der Waals surface area contributed by atoms with Crippen LogP contribution in [0, 0.1) is 0 Å². The summed E-state index contributed by atoms with van der Waals surface area (Å²) in [5, 5.41) is 7.17. The molecule has 0 bridgehead atoms. The first kappa shape index (κ1) is 15.5. The van der Waals surface area contributed by atoms with E-state index in [9.17, 15) is 13.2 Å². The fourth-order valence-corrected chi connectivity index (χ4v) is 2.17. The zero-order valence-corrected chi connectivity index (χ0v) is 11.9. The number of nitrogens with one attached hydrogen (secondary N) is 1. The fourth-order valence-electron chi connectivity index (χ4n) is 2.17. The smallest absolute Gasteiger partial charge is 0.310 e. The van der Waals surface area contributed by atoms with Crippen LogP contribution in [-0.2, 0) is 19.6 Å². The Balaban J connectivity index is 2.28. The Kier molecular flexibility index (Phi) is 4.62. The van der Waals surface area contributed by atoms with Crippen LogP contribution in [0.5, 0.6) is 0 Å². The molecule has 1 unspecified atom stereocenters. The molecule has 0 fully saturated rings. The fraction of sp³-hybridized carbons (Fsp3) is 0.429. The van der Waals surface area contributed by atoms with Gasteiger partial charge in [0, 0.05) is 19.5 Å². The molecule has 0 aliphatic carbocycles. The largest absolute Gasteiger partial charge is 0.416 e. The first-order valence-electron chi connectivity index (χ1n) is 6.65. The molecule has 0 spiro atoms. The second kappa shape index (κ2) is 6.26. The predicted molar refractivity (Wildman–Crippen MR) is 72.6 cm³/mol. The maximum Gasteiger partial charge on any atom is 0.416 e. The number of rotatable bonds is 5. The minimum absolute atomic E-state index is 0.236. The van der Waals surface area contributed by atoms with Gasteiger partial charge < -0.3 is 5.32 Å². The van der Waals surface area contributed by atoms with E-state index in [1.54, 1.807) is 17.8 Å². The highest BCUT2D eigenvalue weighted by molar-refractivity contribution is 5.28. The summed E-state index contributed by atoms with van der Waals surface area (Å²) in [5.74, 6) is 0.721. The molecule has 1 aromatic carbocycles. The third-order valence-electron chi connectivity index (χ3n) is 3.26. The van der Waals surface area contributed by atoms with Crippen molar-refractivity contribution in [2.24, 2.45) is 7.05 Å². The molecular weight excluding hydrogens is 281 g/mol. The van der Waals surface area contributed by atoms with Crippen molar-refractivity contribution in [2.75, 3.05) is 6.54 Å². The molecule has 0 saturated heterocycles. The molecule has 114 valence electrons. The zero-order chi connectivity index (χ0) is 15.5. The Morgan fingerprint density at radius 1 is 1.33 bits per heavy atom. The van der Waals surface area contributed by atoms with Crippen LogP contribution in [0.1, 0.15) is 29.9 Å². The number of hydrogen-bond donors (Lipinski definition) is 1. The lowest BCUT2D eigenvalue weighted by atomic mass is 10.0. The Hall–Kier alpha value is -1.89. The second-order valence-corrected chi connectivity index (χ2v) is 4.74. The van der Waals surface area contributed by atoms with Crippen LogP contribution < -0.4 is 5.32 Å². The Morgan fingerprint density at radius 3 is 2.67 bits per heavy atom. The van der Waals surface area contributed by atoms with Crippen LogP contribution in [0.25, 0.3) is 0 Å². The quantitative estimate of drug-likeness (QED) is 0.923. The van der Waals surface area contributed by atoms with E-state index >= 15 is 0 Å². The van der Waals surface area contributed by atoms with Gasteiger partial charge in [-0.1, -0.05) is 19.1 Å². The van der Waals surface area contributed by atoms with Crippen LogP contribution in [-0.4, -0.2) is 21.3 Å². The van der Waals surface area contributed by atoms with E-state index in [2.05, 4.69) is 15.4 Å². The summed E-state index contributed by atoms with van der Waals surface area (Å²) in [4.78, 5) is 4.12. The van der Waals surface area contributed by atoms with Crippen molar-refractivity contribution in [3.63, 3.8) is 0 Å². The monoisotopic (exact) mass is 298 g/mol. The highest BCUT2D eigenvalue weighted by Gasteiger charge is 2.31. The minimum atomic E-state index is -4.34. The van der Waals surface area contributed by atoms with Gasteiger partial charge in [-0.15, -0.1) is 0 Å². The van der Waals surface area contributed by atoms with Crippen molar-refractivity contribution in [2.45, 2.75) is 25.6 Å². The van der Waals surface area contributed by atoms with Crippen molar-refractivity contribution >= 4 is 0 Å². The summed E-state index contributed by atoms with van der Waals surface area (Å²) >= 11 is 0. The van der Waals surface area contributed by atoms with Gasteiger partial charge in [0.1, 0.15) is 12.2 Å². The number of nitrogens with zero attached hydrogens (tertiary/aromatic N) is 3. The van der Waals surface area contributed by atoms with Crippen LogP contribution >= 0.6 is 0 Å². The zero-order valence-electron chi connectivity index (χ0n) is 11.9. The van der Waals surface area contributed by atoms with Gasteiger partial charge in [0.25, 0.3) is 0 Å². The van der Waals surface area contributed by atoms with Crippen LogP contribution in [0.15, 0.2) is 30.6 Å². The summed E-state index contributed by atoms with van der Waals surface area (Å²) in [5.41, 5.74) is -0.0458. The van der Waals surface area contributed by atoms with Gasteiger partial charge >= 0.3 is 6.18 Å². The van der Waals surface area contributed by atoms with Gasteiger partial charge in [-0.05, 0) is 24.2 Å². The molecule has 0 saturated carbocycles. The Morgan fingerprint density at radius 2 is 2.10 bits per heavy atom. The van der Waals surface area contributed by atoms with E-state index in [0.717, 1.165) is 11.9 Å². The van der Waals surface area contributed by atoms with Crippen molar-refractivity contribution < 1.29 is 13.2 Å². The van der Waals surface area contributed by atoms with Gasteiger partial charge in [0.15, 0.2) is 0 Å². The summed E-state index contributed by atoms with van der Waals surface area (Å²) in [6.07, 6.45) is -2.42. The average molecular weight is 298 g/mol. The molecule has 1 atom stereocenters. The van der Waals surface area contributed by atoms with Gasteiger partial charge in [0.05, 0.1) is 5.56 Å². The van der Waals surface area contributed by atoms with Crippen molar-refractivity contribution in [3.8, 4) is 0 Å². The van der Waals surface area contributed by atoms with E-state index in [0.29, 0.717) is 18.5 Å². The summed E-state index contributed by atoms with van der Waals surface area (Å²) in [6.45, 7) is 2.57. The first-order valence-corrected chi connectivity index (χ1v) is 6.65. The van der Waals surface area contributed by atoms with E-state index in [4.69, 9.17) is 0 Å². The van der Waals surface area contributed by atoms with Crippen molar-refractivity contribution in [3.05, 3.63) is 47.5 Å². The molecule has 1 heterocycles.